The Bertz CT molecular complexity index is 1110. The number of hydrogen-bond donors (Lipinski definition) is 1. The van der Waals surface area contributed by atoms with E-state index in [1.54, 1.807) is 17.0 Å². The molecule has 0 aromatic heterocycles. The summed E-state index contributed by atoms with van der Waals surface area (Å²) in [5, 5.41) is 0.0918. The summed E-state index contributed by atoms with van der Waals surface area (Å²) in [5.41, 5.74) is 9.08. The summed E-state index contributed by atoms with van der Waals surface area (Å²) in [5.74, 6) is -1.59. The number of carbonyl (C=O) groups is 2. The average molecular weight is 409 g/mol. The molecular formula is C23H18ClFN2O2. The van der Waals surface area contributed by atoms with Crippen LogP contribution in [0.1, 0.15) is 32.7 Å². The summed E-state index contributed by atoms with van der Waals surface area (Å²) >= 11 is 6.09. The number of hydrogen-bond acceptors (Lipinski definition) is 2. The molecule has 3 aromatic carbocycles. The van der Waals surface area contributed by atoms with Crippen LogP contribution >= 0.6 is 11.6 Å². The van der Waals surface area contributed by atoms with Gasteiger partial charge < -0.3 is 10.6 Å². The lowest BCUT2D eigenvalue weighted by Crippen LogP contribution is -2.36. The van der Waals surface area contributed by atoms with Gasteiger partial charge in [0.15, 0.2) is 0 Å². The molecule has 4 rings (SSSR count). The number of nitrogens with zero attached hydrogens (tertiary/aromatic N) is 1. The summed E-state index contributed by atoms with van der Waals surface area (Å²) in [6.07, 6.45) is 1.52. The maximum atomic E-state index is 14.3. The van der Waals surface area contributed by atoms with E-state index in [9.17, 15) is 14.0 Å². The first kappa shape index (κ1) is 19.2. The summed E-state index contributed by atoms with van der Waals surface area (Å²) in [6.45, 7) is 0.480. The van der Waals surface area contributed by atoms with E-state index in [1.165, 1.54) is 18.2 Å². The maximum absolute atomic E-state index is 14.3. The minimum atomic E-state index is -0.637. The van der Waals surface area contributed by atoms with Gasteiger partial charge in [0.25, 0.3) is 5.91 Å². The average Bonchev–Trinajstić information content (AvgIpc) is 2.72. The van der Waals surface area contributed by atoms with Crippen molar-refractivity contribution in [1.29, 1.82) is 0 Å². The Morgan fingerprint density at radius 3 is 2.59 bits per heavy atom. The molecule has 0 fully saturated rings. The number of aryl methyl sites for hydroxylation is 1. The Morgan fingerprint density at radius 2 is 1.83 bits per heavy atom. The van der Waals surface area contributed by atoms with Gasteiger partial charge in [-0.2, -0.15) is 0 Å². The van der Waals surface area contributed by atoms with E-state index in [-0.39, 0.29) is 10.6 Å². The van der Waals surface area contributed by atoms with Gasteiger partial charge in [-0.3, -0.25) is 9.59 Å². The zero-order valence-electron chi connectivity index (χ0n) is 15.5. The molecule has 146 valence electrons. The van der Waals surface area contributed by atoms with Gasteiger partial charge in [0.2, 0.25) is 5.91 Å². The molecule has 29 heavy (non-hydrogen) atoms. The molecule has 0 saturated carbocycles. The predicted octanol–water partition coefficient (Wildman–Crippen LogP) is 4.84. The number of halogens is 2. The van der Waals surface area contributed by atoms with E-state index in [1.807, 2.05) is 30.3 Å². The topological polar surface area (TPSA) is 63.4 Å². The lowest BCUT2D eigenvalue weighted by atomic mass is 9.93. The van der Waals surface area contributed by atoms with Crippen molar-refractivity contribution in [3.63, 3.8) is 0 Å². The molecule has 0 unspecified atom stereocenters. The van der Waals surface area contributed by atoms with Crippen LogP contribution in [0.3, 0.4) is 0 Å². The van der Waals surface area contributed by atoms with Gasteiger partial charge in [-0.1, -0.05) is 41.9 Å². The third kappa shape index (κ3) is 3.49. The number of anilines is 1. The third-order valence-corrected chi connectivity index (χ3v) is 5.44. The first-order valence-electron chi connectivity index (χ1n) is 9.25. The monoisotopic (exact) mass is 408 g/mol. The minimum absolute atomic E-state index is 0.0918. The quantitative estimate of drug-likeness (QED) is 0.674. The zero-order valence-corrected chi connectivity index (χ0v) is 16.2. The van der Waals surface area contributed by atoms with Crippen LogP contribution in [0.5, 0.6) is 0 Å². The van der Waals surface area contributed by atoms with Gasteiger partial charge in [-0.25, -0.2) is 4.39 Å². The molecule has 1 heterocycles. The van der Waals surface area contributed by atoms with Crippen LogP contribution in [0.2, 0.25) is 5.02 Å². The fourth-order valence-electron chi connectivity index (χ4n) is 3.76. The molecule has 2 N–H and O–H groups in total. The molecule has 1 aliphatic heterocycles. The van der Waals surface area contributed by atoms with E-state index in [2.05, 4.69) is 0 Å². The summed E-state index contributed by atoms with van der Waals surface area (Å²) in [6, 6.07) is 17.0. The fourth-order valence-corrected chi connectivity index (χ4v) is 4.01. The van der Waals surface area contributed by atoms with Crippen molar-refractivity contribution < 1.29 is 14.0 Å². The number of nitrogens with two attached hydrogens (primary N) is 1. The Morgan fingerprint density at radius 1 is 1.03 bits per heavy atom. The highest BCUT2D eigenvalue weighted by atomic mass is 35.5. The van der Waals surface area contributed by atoms with Crippen molar-refractivity contribution in [3.05, 3.63) is 88.2 Å². The highest BCUT2D eigenvalue weighted by Crippen LogP contribution is 2.34. The number of carbonyl (C=O) groups excluding carboxylic acids is 2. The second-order valence-electron chi connectivity index (χ2n) is 6.91. The van der Waals surface area contributed by atoms with Crippen molar-refractivity contribution >= 4 is 29.1 Å². The fraction of sp³-hybridized carbons (Fsp3) is 0.130. The standard InChI is InChI=1S/C23H18ClFN2O2/c24-18-8-3-9-19(25)21(18)23(29)27-12-4-5-15-13-14(10-11-20(15)27)16-6-1-2-7-17(16)22(26)28/h1-3,6-11,13H,4-5,12H2,(H2,26,28). The first-order valence-corrected chi connectivity index (χ1v) is 9.63. The van der Waals surface area contributed by atoms with Gasteiger partial charge in [-0.05, 0) is 59.9 Å². The van der Waals surface area contributed by atoms with E-state index in [0.717, 1.165) is 35.2 Å². The second kappa shape index (κ2) is 7.68. The predicted molar refractivity (Wildman–Crippen MR) is 112 cm³/mol. The van der Waals surface area contributed by atoms with Crippen LogP contribution in [-0.4, -0.2) is 18.4 Å². The van der Waals surface area contributed by atoms with E-state index >= 15 is 0 Å². The number of rotatable bonds is 3. The molecule has 4 nitrogen and oxygen atoms in total. The van der Waals surface area contributed by atoms with Crippen molar-refractivity contribution in [2.45, 2.75) is 12.8 Å². The lowest BCUT2D eigenvalue weighted by Gasteiger charge is -2.30. The Labute approximate surface area is 172 Å². The van der Waals surface area contributed by atoms with Crippen LogP contribution in [0.25, 0.3) is 11.1 Å². The molecule has 2 amide bonds. The first-order chi connectivity index (χ1) is 14.0. The number of primary amides is 1. The molecular weight excluding hydrogens is 391 g/mol. The minimum Gasteiger partial charge on any atom is -0.366 e. The zero-order chi connectivity index (χ0) is 20.5. The molecule has 6 heteroatoms. The van der Waals surface area contributed by atoms with Crippen molar-refractivity contribution in [2.24, 2.45) is 5.73 Å². The van der Waals surface area contributed by atoms with Gasteiger partial charge in [0.1, 0.15) is 5.82 Å². The summed E-state index contributed by atoms with van der Waals surface area (Å²) in [4.78, 5) is 26.4. The molecule has 3 aromatic rings. The molecule has 0 saturated heterocycles. The van der Waals surface area contributed by atoms with Crippen molar-refractivity contribution in [2.75, 3.05) is 11.4 Å². The molecule has 0 aliphatic carbocycles. The van der Waals surface area contributed by atoms with Crippen LogP contribution in [0, 0.1) is 5.82 Å². The highest BCUT2D eigenvalue weighted by molar-refractivity contribution is 6.34. The Hall–Kier alpha value is -3.18. The Balaban J connectivity index is 1.75. The second-order valence-corrected chi connectivity index (χ2v) is 7.32. The summed E-state index contributed by atoms with van der Waals surface area (Å²) in [7, 11) is 0. The smallest absolute Gasteiger partial charge is 0.262 e. The van der Waals surface area contributed by atoms with Gasteiger partial charge in [-0.15, -0.1) is 0 Å². The van der Waals surface area contributed by atoms with Gasteiger partial charge >= 0.3 is 0 Å². The number of fused-ring (bicyclic) bond motifs is 1. The summed E-state index contributed by atoms with van der Waals surface area (Å²) < 4.78 is 14.3. The van der Waals surface area contributed by atoms with Crippen LogP contribution in [0.15, 0.2) is 60.7 Å². The largest absolute Gasteiger partial charge is 0.366 e. The SMILES string of the molecule is NC(=O)c1ccccc1-c1ccc2c(c1)CCCN2C(=O)c1c(F)cccc1Cl. The van der Waals surface area contributed by atoms with Crippen LogP contribution in [0.4, 0.5) is 10.1 Å². The lowest BCUT2D eigenvalue weighted by molar-refractivity contribution is 0.0978. The van der Waals surface area contributed by atoms with Crippen LogP contribution in [-0.2, 0) is 6.42 Å². The third-order valence-electron chi connectivity index (χ3n) is 5.12. The molecule has 1 aliphatic rings. The van der Waals surface area contributed by atoms with Crippen LogP contribution < -0.4 is 10.6 Å². The van der Waals surface area contributed by atoms with Crippen molar-refractivity contribution in [3.8, 4) is 11.1 Å². The molecule has 0 spiro atoms. The number of amides is 2. The van der Waals surface area contributed by atoms with E-state index < -0.39 is 17.6 Å². The van der Waals surface area contributed by atoms with Crippen molar-refractivity contribution in [1.82, 2.24) is 0 Å². The van der Waals surface area contributed by atoms with E-state index in [0.29, 0.717) is 12.1 Å². The van der Waals surface area contributed by atoms with Gasteiger partial charge in [0, 0.05) is 17.8 Å². The Kier molecular flexibility index (Phi) is 5.07. The highest BCUT2D eigenvalue weighted by Gasteiger charge is 2.27. The maximum Gasteiger partial charge on any atom is 0.262 e. The molecule has 0 bridgehead atoms. The normalized spacial score (nSPS) is 13.1. The van der Waals surface area contributed by atoms with E-state index in [4.69, 9.17) is 17.3 Å². The number of benzene rings is 3. The van der Waals surface area contributed by atoms with Gasteiger partial charge in [0.05, 0.1) is 10.6 Å². The molecule has 0 atom stereocenters. The molecule has 0 radical (unpaired) electrons.